The predicted molar refractivity (Wildman–Crippen MR) is 139 cm³/mol. The predicted octanol–water partition coefficient (Wildman–Crippen LogP) is 3.66. The minimum absolute atomic E-state index is 0.0126. The van der Waals surface area contributed by atoms with Crippen molar-refractivity contribution in [2.75, 3.05) is 26.2 Å². The van der Waals surface area contributed by atoms with Gasteiger partial charge < -0.3 is 10.6 Å². The smallest absolute Gasteiger partial charge is 0.257 e. The van der Waals surface area contributed by atoms with E-state index in [1.165, 1.54) is 0 Å². The summed E-state index contributed by atoms with van der Waals surface area (Å²) in [6, 6.07) is 27.4. The zero-order valence-corrected chi connectivity index (χ0v) is 20.1. The Bertz CT molecular complexity index is 1330. The fourth-order valence-corrected chi connectivity index (χ4v) is 4.55. The average Bonchev–Trinajstić information content (AvgIpc) is 3.34. The third-order valence-corrected chi connectivity index (χ3v) is 6.53. The number of amides is 2. The van der Waals surface area contributed by atoms with Gasteiger partial charge in [0.2, 0.25) is 5.91 Å². The van der Waals surface area contributed by atoms with Gasteiger partial charge in [0.25, 0.3) is 5.91 Å². The monoisotopic (exact) mass is 479 g/mol. The van der Waals surface area contributed by atoms with E-state index in [1.807, 2.05) is 76.4 Å². The number of hydrogen-bond acceptors (Lipinski definition) is 4. The molecule has 7 nitrogen and oxygen atoms in total. The molecule has 3 aromatic carbocycles. The summed E-state index contributed by atoms with van der Waals surface area (Å²) in [4.78, 5) is 29.2. The molecule has 0 spiro atoms. The first-order valence-electron chi connectivity index (χ1n) is 12.1. The molecule has 1 saturated heterocycles. The summed E-state index contributed by atoms with van der Waals surface area (Å²) in [7, 11) is 0. The van der Waals surface area contributed by atoms with E-state index in [2.05, 4.69) is 17.0 Å². The summed E-state index contributed by atoms with van der Waals surface area (Å²) in [6.07, 6.45) is 1.88. The molecule has 0 saturated carbocycles. The molecule has 1 aromatic heterocycles. The highest BCUT2D eigenvalue weighted by atomic mass is 16.2. The number of benzene rings is 3. The number of piperazine rings is 1. The molecule has 182 valence electrons. The van der Waals surface area contributed by atoms with E-state index < -0.39 is 5.91 Å². The van der Waals surface area contributed by atoms with Crippen LogP contribution < -0.4 is 5.73 Å². The number of aromatic nitrogens is 2. The number of hydrogen-bond donors (Lipinski definition) is 1. The van der Waals surface area contributed by atoms with Crippen LogP contribution in [0.2, 0.25) is 0 Å². The second-order valence-corrected chi connectivity index (χ2v) is 9.07. The topological polar surface area (TPSA) is 84.5 Å². The molecule has 7 heteroatoms. The van der Waals surface area contributed by atoms with Crippen LogP contribution in [0.3, 0.4) is 0 Å². The van der Waals surface area contributed by atoms with E-state index >= 15 is 0 Å². The van der Waals surface area contributed by atoms with E-state index in [4.69, 9.17) is 10.8 Å². The molecule has 1 aliphatic heterocycles. The summed E-state index contributed by atoms with van der Waals surface area (Å²) in [5.41, 5.74) is 10.4. The zero-order chi connectivity index (χ0) is 24.9. The van der Waals surface area contributed by atoms with Gasteiger partial charge in [0.1, 0.15) is 5.69 Å². The molecule has 0 atom stereocenters. The molecule has 36 heavy (non-hydrogen) atoms. The molecule has 2 N–H and O–H groups in total. The fourth-order valence-electron chi connectivity index (χ4n) is 4.55. The first-order chi connectivity index (χ1) is 17.6. The van der Waals surface area contributed by atoms with Crippen LogP contribution in [0, 0.1) is 0 Å². The molecule has 0 unspecified atom stereocenters. The number of primary amides is 1. The molecule has 5 rings (SSSR count). The summed E-state index contributed by atoms with van der Waals surface area (Å²) >= 11 is 0. The highest BCUT2D eigenvalue weighted by Crippen LogP contribution is 2.24. The molecule has 2 heterocycles. The number of carbonyl (C=O) groups is 2. The van der Waals surface area contributed by atoms with Gasteiger partial charge in [0.15, 0.2) is 0 Å². The van der Waals surface area contributed by atoms with Gasteiger partial charge in [0, 0.05) is 50.0 Å². The highest BCUT2D eigenvalue weighted by molar-refractivity contribution is 6.00. The molecule has 1 fully saturated rings. The Balaban J connectivity index is 1.29. The van der Waals surface area contributed by atoms with Crippen molar-refractivity contribution in [3.63, 3.8) is 0 Å². The maximum atomic E-state index is 13.6. The largest absolute Gasteiger partial charge is 0.366 e. The van der Waals surface area contributed by atoms with Gasteiger partial charge in [0.05, 0.1) is 12.1 Å². The van der Waals surface area contributed by atoms with Crippen molar-refractivity contribution in [1.82, 2.24) is 19.6 Å². The Morgan fingerprint density at radius 3 is 2.00 bits per heavy atom. The maximum absolute atomic E-state index is 13.6. The third kappa shape index (κ3) is 5.37. The molecule has 1 aliphatic rings. The number of nitrogens with zero attached hydrogens (tertiary/aromatic N) is 4. The van der Waals surface area contributed by atoms with Crippen molar-refractivity contribution in [3.8, 4) is 11.3 Å². The SMILES string of the molecule is NC(=O)c1ccc(CN2CCN(C(=O)c3cn(Cc4ccccc4)nc3-c3ccccc3)CC2)cc1. The number of rotatable bonds is 7. The Morgan fingerprint density at radius 2 is 1.36 bits per heavy atom. The summed E-state index contributed by atoms with van der Waals surface area (Å²) in [5, 5.41) is 4.81. The van der Waals surface area contributed by atoms with Crippen molar-refractivity contribution in [1.29, 1.82) is 0 Å². The molecule has 0 bridgehead atoms. The second kappa shape index (κ2) is 10.6. The molecule has 4 aromatic rings. The van der Waals surface area contributed by atoms with Crippen molar-refractivity contribution in [2.45, 2.75) is 13.1 Å². The maximum Gasteiger partial charge on any atom is 0.257 e. The van der Waals surface area contributed by atoms with Crippen LogP contribution in [0.4, 0.5) is 0 Å². The zero-order valence-electron chi connectivity index (χ0n) is 20.1. The molecule has 0 aliphatic carbocycles. The van der Waals surface area contributed by atoms with Crippen molar-refractivity contribution >= 4 is 11.8 Å². The van der Waals surface area contributed by atoms with Crippen LogP contribution in [0.15, 0.2) is 91.1 Å². The minimum atomic E-state index is -0.421. The molecular weight excluding hydrogens is 450 g/mol. The molecule has 2 amide bonds. The standard InChI is InChI=1S/C29H29N5O2/c30-28(35)25-13-11-23(12-14-25)19-32-15-17-33(18-16-32)29(36)26-21-34(20-22-7-3-1-4-8-22)31-27(26)24-9-5-2-6-10-24/h1-14,21H,15-20H2,(H2,30,35). The van der Waals surface area contributed by atoms with Gasteiger partial charge in [-0.05, 0) is 23.3 Å². The van der Waals surface area contributed by atoms with Crippen LogP contribution in [0.25, 0.3) is 11.3 Å². The van der Waals surface area contributed by atoms with E-state index in [9.17, 15) is 9.59 Å². The van der Waals surface area contributed by atoms with Gasteiger partial charge in [-0.1, -0.05) is 72.8 Å². The molecular formula is C29H29N5O2. The van der Waals surface area contributed by atoms with E-state index in [1.54, 1.807) is 12.1 Å². The van der Waals surface area contributed by atoms with Gasteiger partial charge in [-0.3, -0.25) is 19.2 Å². The van der Waals surface area contributed by atoms with Crippen LogP contribution in [0.5, 0.6) is 0 Å². The van der Waals surface area contributed by atoms with E-state index in [0.717, 1.165) is 36.3 Å². The minimum Gasteiger partial charge on any atom is -0.366 e. The summed E-state index contributed by atoms with van der Waals surface area (Å²) < 4.78 is 1.86. The second-order valence-electron chi connectivity index (χ2n) is 9.07. The highest BCUT2D eigenvalue weighted by Gasteiger charge is 2.26. The van der Waals surface area contributed by atoms with Crippen LogP contribution >= 0.6 is 0 Å². The Labute approximate surface area is 210 Å². The fraction of sp³-hybridized carbons (Fsp3) is 0.207. The van der Waals surface area contributed by atoms with Gasteiger partial charge in [-0.15, -0.1) is 0 Å². The lowest BCUT2D eigenvalue weighted by Gasteiger charge is -2.34. The summed E-state index contributed by atoms with van der Waals surface area (Å²) in [6.45, 7) is 4.23. The Hall–Kier alpha value is -4.23. The normalized spacial score (nSPS) is 14.1. The van der Waals surface area contributed by atoms with Gasteiger partial charge in [-0.25, -0.2) is 0 Å². The first-order valence-corrected chi connectivity index (χ1v) is 12.1. The first kappa shape index (κ1) is 23.5. The number of nitrogens with two attached hydrogens (primary N) is 1. The van der Waals surface area contributed by atoms with Crippen molar-refractivity contribution < 1.29 is 9.59 Å². The lowest BCUT2D eigenvalue weighted by atomic mass is 10.1. The van der Waals surface area contributed by atoms with Gasteiger partial charge in [-0.2, -0.15) is 5.10 Å². The Kier molecular flexibility index (Phi) is 6.91. The van der Waals surface area contributed by atoms with E-state index in [-0.39, 0.29) is 5.91 Å². The number of carbonyl (C=O) groups excluding carboxylic acids is 2. The van der Waals surface area contributed by atoms with Gasteiger partial charge >= 0.3 is 0 Å². The van der Waals surface area contributed by atoms with Crippen molar-refractivity contribution in [3.05, 3.63) is 113 Å². The lowest BCUT2D eigenvalue weighted by molar-refractivity contribution is 0.0629. The van der Waals surface area contributed by atoms with Crippen LogP contribution in [-0.2, 0) is 13.1 Å². The molecule has 0 radical (unpaired) electrons. The summed E-state index contributed by atoms with van der Waals surface area (Å²) in [5.74, 6) is -0.408. The Morgan fingerprint density at radius 1 is 0.750 bits per heavy atom. The van der Waals surface area contributed by atoms with E-state index in [0.29, 0.717) is 36.5 Å². The van der Waals surface area contributed by atoms with Crippen molar-refractivity contribution in [2.24, 2.45) is 5.73 Å². The average molecular weight is 480 g/mol. The van der Waals surface area contributed by atoms with Crippen LogP contribution in [0.1, 0.15) is 31.8 Å². The quantitative estimate of drug-likeness (QED) is 0.439. The third-order valence-electron chi connectivity index (χ3n) is 6.53. The van der Waals surface area contributed by atoms with Crippen LogP contribution in [-0.4, -0.2) is 57.6 Å². The lowest BCUT2D eigenvalue weighted by Crippen LogP contribution is -2.48.